The van der Waals surface area contributed by atoms with E-state index in [1.807, 2.05) is 18.5 Å². The smallest absolute Gasteiger partial charge is 0.232 e. The molecule has 3 rings (SSSR count). The van der Waals surface area contributed by atoms with Crippen LogP contribution in [0.4, 0.5) is 0 Å². The Balaban J connectivity index is 2.22. The van der Waals surface area contributed by atoms with Crippen molar-refractivity contribution >= 4 is 12.1 Å². The van der Waals surface area contributed by atoms with E-state index in [2.05, 4.69) is 10.1 Å². The van der Waals surface area contributed by atoms with Gasteiger partial charge in [-0.15, -0.1) is 0 Å². The summed E-state index contributed by atoms with van der Waals surface area (Å²) in [6, 6.07) is 0. The summed E-state index contributed by atoms with van der Waals surface area (Å²) in [7, 11) is 1.97. The van der Waals surface area contributed by atoms with E-state index in [1.54, 1.807) is 4.52 Å². The van der Waals surface area contributed by atoms with Crippen molar-refractivity contribution in [2.24, 2.45) is 7.05 Å². The van der Waals surface area contributed by atoms with E-state index in [0.29, 0.717) is 11.6 Å². The Hall–Kier alpha value is -1.65. The molecule has 0 bridgehead atoms. The average molecular weight is 218 g/mol. The second kappa shape index (κ2) is 3.17. The van der Waals surface area contributed by atoms with E-state index in [-0.39, 0.29) is 0 Å². The Morgan fingerprint density at radius 3 is 2.75 bits per heavy atom. The monoisotopic (exact) mass is 218 g/mol. The number of aldehydes is 1. The Morgan fingerprint density at radius 1 is 1.44 bits per heavy atom. The molecule has 2 aromatic heterocycles. The lowest BCUT2D eigenvalue weighted by Gasteiger charge is -2.23. The average Bonchev–Trinajstić information content (AvgIpc) is 2.63. The summed E-state index contributed by atoms with van der Waals surface area (Å²) in [6.07, 6.45) is 4.50. The van der Waals surface area contributed by atoms with Crippen LogP contribution in [0.3, 0.4) is 0 Å². The van der Waals surface area contributed by atoms with E-state index in [0.717, 1.165) is 23.6 Å². The maximum absolute atomic E-state index is 11.0. The van der Waals surface area contributed by atoms with Gasteiger partial charge in [-0.1, -0.05) is 6.42 Å². The molecular weight excluding hydrogens is 204 g/mol. The lowest BCUT2D eigenvalue weighted by molar-refractivity contribution is 0.111. The zero-order valence-electron chi connectivity index (χ0n) is 9.47. The van der Waals surface area contributed by atoms with Crippen molar-refractivity contribution in [3.05, 3.63) is 17.2 Å². The Kier molecular flexibility index (Phi) is 1.89. The lowest BCUT2D eigenvalue weighted by atomic mass is 9.85. The number of carbonyl (C=O) groups excluding carboxylic acids is 1. The molecule has 16 heavy (non-hydrogen) atoms. The van der Waals surface area contributed by atoms with Crippen molar-refractivity contribution in [3.8, 4) is 0 Å². The zero-order valence-corrected chi connectivity index (χ0v) is 9.47. The number of carbonyl (C=O) groups is 1. The second-order valence-corrected chi connectivity index (χ2v) is 4.46. The summed E-state index contributed by atoms with van der Waals surface area (Å²) in [6.45, 7) is 1.83. The molecule has 0 aliphatic heterocycles. The molecule has 84 valence electrons. The van der Waals surface area contributed by atoms with Crippen LogP contribution in [-0.2, 0) is 7.05 Å². The van der Waals surface area contributed by atoms with Crippen molar-refractivity contribution in [2.75, 3.05) is 0 Å². The van der Waals surface area contributed by atoms with E-state index in [4.69, 9.17) is 0 Å². The minimum absolute atomic E-state index is 0.548. The third-order valence-corrected chi connectivity index (χ3v) is 3.48. The van der Waals surface area contributed by atoms with Crippen molar-refractivity contribution in [1.29, 1.82) is 0 Å². The van der Waals surface area contributed by atoms with Gasteiger partial charge in [0.25, 0.3) is 0 Å². The number of hydrogen-bond donors (Lipinski definition) is 0. The van der Waals surface area contributed by atoms with Gasteiger partial charge in [0.15, 0.2) is 6.29 Å². The third kappa shape index (κ3) is 1.08. The molecule has 5 heteroatoms. The van der Waals surface area contributed by atoms with Gasteiger partial charge in [0, 0.05) is 13.0 Å². The van der Waals surface area contributed by atoms with Crippen LogP contribution in [0.2, 0.25) is 0 Å². The maximum Gasteiger partial charge on any atom is 0.232 e. The van der Waals surface area contributed by atoms with Gasteiger partial charge in [0.1, 0.15) is 11.5 Å². The van der Waals surface area contributed by atoms with Gasteiger partial charge < -0.3 is 0 Å². The molecule has 1 aliphatic carbocycles. The molecule has 2 aromatic rings. The largest absolute Gasteiger partial charge is 0.300 e. The van der Waals surface area contributed by atoms with Gasteiger partial charge in [-0.3, -0.25) is 9.36 Å². The minimum atomic E-state index is 0.548. The summed E-state index contributed by atoms with van der Waals surface area (Å²) in [5.74, 6) is 2.37. The van der Waals surface area contributed by atoms with Crippen LogP contribution < -0.4 is 0 Å². The first-order valence-corrected chi connectivity index (χ1v) is 5.59. The topological polar surface area (TPSA) is 52.2 Å². The summed E-state index contributed by atoms with van der Waals surface area (Å²) in [5.41, 5.74) is 1.31. The second-order valence-electron chi connectivity index (χ2n) is 4.46. The molecule has 1 fully saturated rings. The van der Waals surface area contributed by atoms with Crippen LogP contribution in [-0.4, -0.2) is 25.5 Å². The summed E-state index contributed by atoms with van der Waals surface area (Å²) < 4.78 is 3.67. The Morgan fingerprint density at radius 2 is 2.19 bits per heavy atom. The number of fused-ring (bicyclic) bond motifs is 1. The van der Waals surface area contributed by atoms with E-state index in [9.17, 15) is 4.79 Å². The highest BCUT2D eigenvalue weighted by atomic mass is 16.1. The summed E-state index contributed by atoms with van der Waals surface area (Å²) in [4.78, 5) is 15.3. The highest BCUT2D eigenvalue weighted by Crippen LogP contribution is 2.35. The Bertz CT molecular complexity index is 562. The molecule has 5 nitrogen and oxygen atoms in total. The first kappa shape index (κ1) is 9.57. The van der Waals surface area contributed by atoms with Gasteiger partial charge >= 0.3 is 0 Å². The van der Waals surface area contributed by atoms with Gasteiger partial charge in [0.2, 0.25) is 5.78 Å². The van der Waals surface area contributed by atoms with Crippen LogP contribution in [0.5, 0.6) is 0 Å². The number of hydrogen-bond acceptors (Lipinski definition) is 3. The molecule has 0 amide bonds. The molecule has 0 unspecified atom stereocenters. The molecule has 1 saturated carbocycles. The van der Waals surface area contributed by atoms with Crippen molar-refractivity contribution < 1.29 is 4.79 Å². The Labute approximate surface area is 93.1 Å². The summed E-state index contributed by atoms with van der Waals surface area (Å²) in [5, 5.41) is 4.51. The van der Waals surface area contributed by atoms with E-state index >= 15 is 0 Å². The van der Waals surface area contributed by atoms with Gasteiger partial charge in [-0.25, -0.2) is 4.98 Å². The minimum Gasteiger partial charge on any atom is -0.300 e. The molecule has 0 radical (unpaired) electrons. The first-order valence-electron chi connectivity index (χ1n) is 5.59. The third-order valence-electron chi connectivity index (χ3n) is 3.48. The number of rotatable bonds is 2. The molecule has 0 aromatic carbocycles. The predicted molar refractivity (Wildman–Crippen MR) is 58.7 cm³/mol. The molecular formula is C11H14N4O. The highest BCUT2D eigenvalue weighted by molar-refractivity contribution is 5.75. The van der Waals surface area contributed by atoms with Crippen LogP contribution in [0.1, 0.15) is 47.2 Å². The van der Waals surface area contributed by atoms with Gasteiger partial charge in [0.05, 0.1) is 5.69 Å². The van der Waals surface area contributed by atoms with Crippen LogP contribution in [0.15, 0.2) is 0 Å². The fraction of sp³-hybridized carbons (Fsp3) is 0.545. The molecule has 0 spiro atoms. The van der Waals surface area contributed by atoms with Crippen LogP contribution in [0, 0.1) is 6.92 Å². The number of aryl methyl sites for hydroxylation is 2. The molecule has 2 heterocycles. The normalized spacial score (nSPS) is 16.6. The van der Waals surface area contributed by atoms with Crippen LogP contribution in [0.25, 0.3) is 5.78 Å². The molecule has 0 saturated heterocycles. The van der Waals surface area contributed by atoms with Gasteiger partial charge in [-0.05, 0) is 19.8 Å². The molecule has 0 atom stereocenters. The van der Waals surface area contributed by atoms with Gasteiger partial charge in [-0.2, -0.15) is 9.61 Å². The van der Waals surface area contributed by atoms with Crippen molar-refractivity contribution in [3.63, 3.8) is 0 Å². The van der Waals surface area contributed by atoms with E-state index < -0.39 is 0 Å². The SMILES string of the molecule is Cc1nc2n(C)c(C3CCC3)nn2c1C=O. The zero-order chi connectivity index (χ0) is 11.3. The van der Waals surface area contributed by atoms with E-state index in [1.165, 1.54) is 19.3 Å². The standard InChI is InChI=1S/C11H14N4O/c1-7-9(6-16)15-11(12-7)14(2)10(13-15)8-4-3-5-8/h6,8H,3-5H2,1-2H3. The fourth-order valence-corrected chi connectivity index (χ4v) is 2.26. The van der Waals surface area contributed by atoms with Crippen molar-refractivity contribution in [2.45, 2.75) is 32.1 Å². The van der Waals surface area contributed by atoms with Crippen LogP contribution >= 0.6 is 0 Å². The predicted octanol–water partition coefficient (Wildman–Crippen LogP) is 1.46. The first-order chi connectivity index (χ1) is 7.72. The fourth-order valence-electron chi connectivity index (χ4n) is 2.26. The molecule has 1 aliphatic rings. The lowest BCUT2D eigenvalue weighted by Crippen LogP contribution is -2.14. The number of nitrogens with zero attached hydrogens (tertiary/aromatic N) is 4. The number of aromatic nitrogens is 4. The van der Waals surface area contributed by atoms with Crippen molar-refractivity contribution in [1.82, 2.24) is 19.2 Å². The summed E-state index contributed by atoms with van der Waals surface area (Å²) >= 11 is 0. The number of imidazole rings is 1. The maximum atomic E-state index is 11.0. The quantitative estimate of drug-likeness (QED) is 0.717. The highest BCUT2D eigenvalue weighted by Gasteiger charge is 2.26. The molecule has 0 N–H and O–H groups in total.